The number of anilines is 1. The first-order valence-electron chi connectivity index (χ1n) is 12.2. The maximum atomic E-state index is 6.13. The molecule has 5 rings (SSSR count). The molecule has 4 aromatic carbocycles. The van der Waals surface area contributed by atoms with E-state index in [0.29, 0.717) is 0 Å². The summed E-state index contributed by atoms with van der Waals surface area (Å²) in [5, 5.41) is 2.47. The molecule has 1 aliphatic rings. The molecule has 0 bridgehead atoms. The molecular formula is C33H31N. The molecule has 1 heteroatoms. The van der Waals surface area contributed by atoms with Gasteiger partial charge in [-0.25, -0.2) is 0 Å². The molecule has 34 heavy (non-hydrogen) atoms. The zero-order valence-electron chi connectivity index (χ0n) is 19.6. The Kier molecular flexibility index (Phi) is 6.44. The van der Waals surface area contributed by atoms with Crippen molar-refractivity contribution in [2.75, 3.05) is 5.73 Å². The van der Waals surface area contributed by atoms with E-state index in [1.54, 1.807) is 0 Å². The van der Waals surface area contributed by atoms with E-state index in [9.17, 15) is 0 Å². The van der Waals surface area contributed by atoms with Crippen LogP contribution in [0, 0.1) is 0 Å². The number of nitrogens with two attached hydrogens (primary N) is 1. The second-order valence-corrected chi connectivity index (χ2v) is 9.18. The largest absolute Gasteiger partial charge is 0.398 e. The number of hydrogen-bond acceptors (Lipinski definition) is 1. The van der Waals surface area contributed by atoms with Gasteiger partial charge in [0.25, 0.3) is 0 Å². The molecule has 0 radical (unpaired) electrons. The summed E-state index contributed by atoms with van der Waals surface area (Å²) >= 11 is 0. The SMILES string of the molecule is C=C(Cc1ccccc1N)c1ccc2cc(-c3ccc(C4=C/CCCC/C=C\4)cc3)ccc2c1. The average Bonchev–Trinajstić information content (AvgIpc) is 2.85. The molecular weight excluding hydrogens is 410 g/mol. The summed E-state index contributed by atoms with van der Waals surface area (Å²) < 4.78 is 0. The number of rotatable bonds is 5. The van der Waals surface area contributed by atoms with Gasteiger partial charge in [-0.2, -0.15) is 0 Å². The van der Waals surface area contributed by atoms with E-state index >= 15 is 0 Å². The predicted molar refractivity (Wildman–Crippen MR) is 149 cm³/mol. The Morgan fingerprint density at radius 3 is 2.29 bits per heavy atom. The maximum Gasteiger partial charge on any atom is 0.0349 e. The number of allylic oxidation sites excluding steroid dienone is 5. The van der Waals surface area contributed by atoms with Crippen LogP contribution >= 0.6 is 0 Å². The van der Waals surface area contributed by atoms with Gasteiger partial charge in [-0.15, -0.1) is 0 Å². The first kappa shape index (κ1) is 22.0. The van der Waals surface area contributed by atoms with Gasteiger partial charge >= 0.3 is 0 Å². The van der Waals surface area contributed by atoms with E-state index in [2.05, 4.69) is 91.5 Å². The van der Waals surface area contributed by atoms with Crippen LogP contribution in [0.25, 0.3) is 33.0 Å². The van der Waals surface area contributed by atoms with Crippen molar-refractivity contribution in [1.82, 2.24) is 0 Å². The number of benzene rings is 4. The lowest BCUT2D eigenvalue weighted by molar-refractivity contribution is 0.759. The third-order valence-corrected chi connectivity index (χ3v) is 6.75. The van der Waals surface area contributed by atoms with Gasteiger partial charge in [0.1, 0.15) is 0 Å². The Labute approximate surface area is 203 Å². The Morgan fingerprint density at radius 2 is 1.44 bits per heavy atom. The monoisotopic (exact) mass is 441 g/mol. The van der Waals surface area contributed by atoms with Crippen molar-refractivity contribution < 1.29 is 0 Å². The molecule has 0 aromatic heterocycles. The molecule has 0 spiro atoms. The first-order chi connectivity index (χ1) is 16.7. The lowest BCUT2D eigenvalue weighted by Crippen LogP contribution is -1.95. The highest BCUT2D eigenvalue weighted by Gasteiger charge is 2.07. The highest BCUT2D eigenvalue weighted by atomic mass is 14.6. The van der Waals surface area contributed by atoms with Crippen molar-refractivity contribution in [2.45, 2.75) is 32.1 Å². The summed E-state index contributed by atoms with van der Waals surface area (Å²) in [4.78, 5) is 0. The molecule has 1 aliphatic carbocycles. The third-order valence-electron chi connectivity index (χ3n) is 6.75. The van der Waals surface area contributed by atoms with Gasteiger partial charge in [-0.3, -0.25) is 0 Å². The van der Waals surface area contributed by atoms with E-state index in [-0.39, 0.29) is 0 Å². The van der Waals surface area contributed by atoms with Crippen LogP contribution in [0.2, 0.25) is 0 Å². The summed E-state index contributed by atoms with van der Waals surface area (Å²) in [6.07, 6.45) is 12.6. The van der Waals surface area contributed by atoms with Crippen LogP contribution in [-0.2, 0) is 6.42 Å². The molecule has 0 fully saturated rings. The average molecular weight is 442 g/mol. The summed E-state index contributed by atoms with van der Waals surface area (Å²) in [5.74, 6) is 0. The zero-order chi connectivity index (χ0) is 23.3. The summed E-state index contributed by atoms with van der Waals surface area (Å²) in [6.45, 7) is 4.33. The van der Waals surface area contributed by atoms with Gasteiger partial charge in [0.05, 0.1) is 0 Å². The van der Waals surface area contributed by atoms with E-state index in [0.717, 1.165) is 28.8 Å². The number of hydrogen-bond donors (Lipinski definition) is 1. The Balaban J connectivity index is 1.36. The molecule has 0 unspecified atom stereocenters. The summed E-state index contributed by atoms with van der Waals surface area (Å²) in [6, 6.07) is 30.3. The summed E-state index contributed by atoms with van der Waals surface area (Å²) in [5.41, 5.74) is 15.4. The minimum Gasteiger partial charge on any atom is -0.398 e. The van der Waals surface area contributed by atoms with Crippen molar-refractivity contribution in [2.24, 2.45) is 0 Å². The van der Waals surface area contributed by atoms with Crippen molar-refractivity contribution in [3.63, 3.8) is 0 Å². The molecule has 0 saturated heterocycles. The van der Waals surface area contributed by atoms with Gasteiger partial charge < -0.3 is 5.73 Å². The van der Waals surface area contributed by atoms with Crippen LogP contribution in [0.15, 0.2) is 110 Å². The second-order valence-electron chi connectivity index (χ2n) is 9.18. The van der Waals surface area contributed by atoms with Gasteiger partial charge in [0.2, 0.25) is 0 Å². The van der Waals surface area contributed by atoms with Crippen molar-refractivity contribution in [1.29, 1.82) is 0 Å². The molecule has 4 aromatic rings. The maximum absolute atomic E-state index is 6.13. The smallest absolute Gasteiger partial charge is 0.0349 e. The van der Waals surface area contributed by atoms with E-state index < -0.39 is 0 Å². The number of para-hydroxylation sites is 1. The van der Waals surface area contributed by atoms with Crippen LogP contribution in [0.4, 0.5) is 5.69 Å². The van der Waals surface area contributed by atoms with Crippen molar-refractivity contribution in [3.8, 4) is 11.1 Å². The number of fused-ring (bicyclic) bond motifs is 1. The molecule has 0 saturated carbocycles. The molecule has 168 valence electrons. The molecule has 1 nitrogen and oxygen atoms in total. The Hall–Kier alpha value is -3.84. The molecule has 2 N–H and O–H groups in total. The van der Waals surface area contributed by atoms with Gasteiger partial charge in [0.15, 0.2) is 0 Å². The highest BCUT2D eigenvalue weighted by Crippen LogP contribution is 2.30. The predicted octanol–water partition coefficient (Wildman–Crippen LogP) is 8.86. The fourth-order valence-electron chi connectivity index (χ4n) is 4.68. The zero-order valence-corrected chi connectivity index (χ0v) is 19.6. The first-order valence-corrected chi connectivity index (χ1v) is 12.2. The summed E-state index contributed by atoms with van der Waals surface area (Å²) in [7, 11) is 0. The van der Waals surface area contributed by atoms with Gasteiger partial charge in [0, 0.05) is 5.69 Å². The lowest BCUT2D eigenvalue weighted by Gasteiger charge is -2.11. The van der Waals surface area contributed by atoms with Crippen LogP contribution in [-0.4, -0.2) is 0 Å². The fraction of sp³-hybridized carbons (Fsp3) is 0.152. The van der Waals surface area contributed by atoms with E-state index in [1.807, 2.05) is 18.2 Å². The minimum atomic E-state index is 0.758. The van der Waals surface area contributed by atoms with Crippen LogP contribution < -0.4 is 5.73 Å². The van der Waals surface area contributed by atoms with Crippen LogP contribution in [0.5, 0.6) is 0 Å². The van der Waals surface area contributed by atoms with E-state index in [4.69, 9.17) is 5.73 Å². The molecule has 0 heterocycles. The Morgan fingerprint density at radius 1 is 0.735 bits per heavy atom. The normalized spacial score (nSPS) is 16.3. The number of nitrogen functional groups attached to an aromatic ring is 1. The van der Waals surface area contributed by atoms with Gasteiger partial charge in [-0.1, -0.05) is 91.5 Å². The fourth-order valence-corrected chi connectivity index (χ4v) is 4.68. The topological polar surface area (TPSA) is 26.0 Å². The Bertz CT molecular complexity index is 1390. The van der Waals surface area contributed by atoms with Crippen LogP contribution in [0.1, 0.15) is 42.4 Å². The molecule has 0 amide bonds. The van der Waals surface area contributed by atoms with Crippen molar-refractivity contribution >= 4 is 27.6 Å². The highest BCUT2D eigenvalue weighted by molar-refractivity contribution is 5.90. The van der Waals surface area contributed by atoms with Gasteiger partial charge in [-0.05, 0) is 100 Å². The van der Waals surface area contributed by atoms with Crippen molar-refractivity contribution in [3.05, 3.63) is 126 Å². The molecule has 0 aliphatic heterocycles. The minimum absolute atomic E-state index is 0.758. The standard InChI is InChI=1S/C33H31N/c1-24(21-32-11-7-8-12-33(32)34)28-17-18-31-23-29(19-20-30(31)22-28)27-15-13-26(14-16-27)25-9-5-3-2-4-6-10-25/h5,7-20,22-23H,1-4,6,21,34H2/b9-5-,25-10+. The lowest BCUT2D eigenvalue weighted by atomic mass is 9.94. The second kappa shape index (κ2) is 9.97. The third kappa shape index (κ3) is 4.89. The molecule has 0 atom stereocenters. The van der Waals surface area contributed by atoms with E-state index in [1.165, 1.54) is 58.7 Å². The quantitative estimate of drug-likeness (QED) is 0.307. The van der Waals surface area contributed by atoms with Crippen LogP contribution in [0.3, 0.4) is 0 Å².